The van der Waals surface area contributed by atoms with Crippen LogP contribution in [0.2, 0.25) is 13.1 Å². The van der Waals surface area contributed by atoms with Crippen LogP contribution in [-0.2, 0) is 29.5 Å². The third kappa shape index (κ3) is 5.26. The van der Waals surface area contributed by atoms with Crippen LogP contribution in [0.3, 0.4) is 0 Å². The van der Waals surface area contributed by atoms with Gasteiger partial charge < -0.3 is 18.3 Å². The summed E-state index contributed by atoms with van der Waals surface area (Å²) >= 11 is 0. The molecule has 2 aliphatic rings. The topological polar surface area (TPSA) is 36.9 Å². The van der Waals surface area contributed by atoms with E-state index in [0.717, 1.165) is 43.8 Å². The van der Waals surface area contributed by atoms with Crippen molar-refractivity contribution in [3.8, 4) is 0 Å². The van der Waals surface area contributed by atoms with Crippen LogP contribution in [-0.4, -0.2) is 26.6 Å². The van der Waals surface area contributed by atoms with Gasteiger partial charge in [-0.15, -0.1) is 0 Å². The Bertz CT molecular complexity index is 2390. The van der Waals surface area contributed by atoms with Crippen molar-refractivity contribution in [2.24, 2.45) is 0 Å². The van der Waals surface area contributed by atoms with Gasteiger partial charge in [0.15, 0.2) is 5.79 Å². The van der Waals surface area contributed by atoms with Crippen LogP contribution in [0.5, 0.6) is 0 Å². The second-order valence-electron chi connectivity index (χ2n) is 15.8. The summed E-state index contributed by atoms with van der Waals surface area (Å²) in [7, 11) is -3.19. The van der Waals surface area contributed by atoms with E-state index >= 15 is 0 Å². The van der Waals surface area contributed by atoms with Crippen LogP contribution in [0, 0.1) is 0 Å². The van der Waals surface area contributed by atoms with Crippen molar-refractivity contribution in [1.29, 1.82) is 0 Å². The van der Waals surface area contributed by atoms with E-state index in [9.17, 15) is 0 Å². The second kappa shape index (κ2) is 12.2. The van der Waals surface area contributed by atoms with Gasteiger partial charge in [-0.3, -0.25) is 0 Å². The van der Waals surface area contributed by atoms with Crippen molar-refractivity contribution >= 4 is 51.7 Å². The van der Waals surface area contributed by atoms with E-state index in [4.69, 9.17) is 18.3 Å². The summed E-state index contributed by atoms with van der Waals surface area (Å²) in [6.07, 6.45) is -1.27. The molecule has 0 N–H and O–H groups in total. The zero-order valence-electron chi connectivity index (χ0n) is 31.0. The summed E-state index contributed by atoms with van der Waals surface area (Å²) in [4.78, 5) is 0. The quantitative estimate of drug-likeness (QED) is 0.170. The molecule has 0 unspecified atom stereocenters. The molecule has 0 saturated carbocycles. The first kappa shape index (κ1) is 33.4. The highest BCUT2D eigenvalue weighted by molar-refractivity contribution is 6.65. The standard InChI is InChI=1S/C49H42O4Si/c1-47(2)50-45-46(51-47)49(43-27-23-35-15-7-11-19-39(35)31-43,44-28-24-36-16-8-12-20-40(36)32-44)53-54(3,4)52-48(45,41-25-21-33-13-5-9-17-37(33)29-41)42-26-22-34-14-6-10-18-38(34)30-42/h5-32,45-46H,1-4H3/t45-,46-/m1/s1. The third-order valence-corrected chi connectivity index (χ3v) is 13.1. The molecule has 8 aromatic carbocycles. The molecule has 54 heavy (non-hydrogen) atoms. The summed E-state index contributed by atoms with van der Waals surface area (Å²) in [5, 5.41) is 9.19. The fourth-order valence-corrected chi connectivity index (χ4v) is 11.5. The maximum Gasteiger partial charge on any atom is 0.333 e. The summed E-state index contributed by atoms with van der Waals surface area (Å²) in [5.74, 6) is -0.969. The molecule has 0 aromatic heterocycles. The van der Waals surface area contributed by atoms with Gasteiger partial charge in [0.2, 0.25) is 0 Å². The Morgan fingerprint density at radius 1 is 0.370 bits per heavy atom. The largest absolute Gasteiger partial charge is 0.377 e. The molecular formula is C49H42O4Si. The number of benzene rings is 8. The fourth-order valence-electron chi connectivity index (χ4n) is 9.18. The first-order chi connectivity index (χ1) is 26.1. The van der Waals surface area contributed by atoms with Crippen molar-refractivity contribution in [1.82, 2.24) is 0 Å². The summed E-state index contributed by atoms with van der Waals surface area (Å²) in [6.45, 7) is 8.38. The Balaban J connectivity index is 1.32. The number of fused-ring (bicyclic) bond motifs is 5. The summed E-state index contributed by atoms with van der Waals surface area (Å²) in [6, 6.07) is 60.8. The Hall–Kier alpha value is -5.14. The Labute approximate surface area is 317 Å². The molecule has 0 bridgehead atoms. The van der Waals surface area contributed by atoms with Gasteiger partial charge in [0, 0.05) is 0 Å². The summed E-state index contributed by atoms with van der Waals surface area (Å²) < 4.78 is 30.4. The highest BCUT2D eigenvalue weighted by Gasteiger charge is 2.68. The van der Waals surface area contributed by atoms with E-state index in [1.54, 1.807) is 0 Å². The Kier molecular flexibility index (Phi) is 7.54. The van der Waals surface area contributed by atoms with E-state index in [2.05, 4.69) is 183 Å². The molecule has 2 heterocycles. The van der Waals surface area contributed by atoms with E-state index in [0.29, 0.717) is 0 Å². The molecule has 5 heteroatoms. The maximum absolute atomic E-state index is 7.85. The minimum Gasteiger partial charge on any atom is -0.377 e. The lowest BCUT2D eigenvalue weighted by Crippen LogP contribution is -2.53. The van der Waals surface area contributed by atoms with Crippen LogP contribution in [0.15, 0.2) is 170 Å². The first-order valence-corrected chi connectivity index (χ1v) is 21.7. The average Bonchev–Trinajstić information content (AvgIpc) is 3.50. The maximum atomic E-state index is 7.85. The van der Waals surface area contributed by atoms with Crippen molar-refractivity contribution in [3.05, 3.63) is 192 Å². The molecule has 0 spiro atoms. The van der Waals surface area contributed by atoms with Gasteiger partial charge in [0.25, 0.3) is 0 Å². The Morgan fingerprint density at radius 3 is 0.907 bits per heavy atom. The lowest BCUT2D eigenvalue weighted by Gasteiger charge is -2.43. The molecule has 2 saturated heterocycles. The van der Waals surface area contributed by atoms with Crippen molar-refractivity contribution < 1.29 is 18.3 Å². The zero-order valence-corrected chi connectivity index (χ0v) is 32.0. The van der Waals surface area contributed by atoms with E-state index in [1.165, 1.54) is 21.5 Å². The predicted octanol–water partition coefficient (Wildman–Crippen LogP) is 11.8. The van der Waals surface area contributed by atoms with Gasteiger partial charge in [0.1, 0.15) is 23.4 Å². The zero-order chi connectivity index (χ0) is 36.7. The lowest BCUT2D eigenvalue weighted by molar-refractivity contribution is -0.179. The number of hydrogen-bond acceptors (Lipinski definition) is 4. The second-order valence-corrected chi connectivity index (χ2v) is 19.0. The van der Waals surface area contributed by atoms with Gasteiger partial charge in [-0.1, -0.05) is 146 Å². The number of hydrogen-bond donors (Lipinski definition) is 0. The average molecular weight is 723 g/mol. The third-order valence-electron chi connectivity index (χ3n) is 11.4. The lowest BCUT2D eigenvalue weighted by atomic mass is 9.71. The van der Waals surface area contributed by atoms with Gasteiger partial charge in [0.05, 0.1) is 0 Å². The molecule has 0 amide bonds. The minimum atomic E-state index is -3.19. The van der Waals surface area contributed by atoms with Crippen molar-refractivity contribution in [2.45, 2.75) is 56.1 Å². The smallest absolute Gasteiger partial charge is 0.333 e. The molecule has 10 rings (SSSR count). The van der Waals surface area contributed by atoms with Gasteiger partial charge >= 0.3 is 8.56 Å². The summed E-state index contributed by atoms with van der Waals surface area (Å²) in [5.41, 5.74) is 1.79. The molecule has 2 aliphatic heterocycles. The fraction of sp³-hybridized carbons (Fsp3) is 0.184. The molecular weight excluding hydrogens is 681 g/mol. The van der Waals surface area contributed by atoms with Crippen LogP contribution in [0.4, 0.5) is 0 Å². The van der Waals surface area contributed by atoms with Crippen molar-refractivity contribution in [2.75, 3.05) is 0 Å². The van der Waals surface area contributed by atoms with E-state index < -0.39 is 37.8 Å². The first-order valence-electron chi connectivity index (χ1n) is 18.9. The van der Waals surface area contributed by atoms with E-state index in [-0.39, 0.29) is 0 Å². The highest BCUT2D eigenvalue weighted by Crippen LogP contribution is 2.58. The molecule has 0 aliphatic carbocycles. The molecule has 266 valence electrons. The van der Waals surface area contributed by atoms with Crippen LogP contribution in [0.1, 0.15) is 36.1 Å². The van der Waals surface area contributed by atoms with Gasteiger partial charge in [-0.2, -0.15) is 0 Å². The minimum absolute atomic E-state index is 0.637. The van der Waals surface area contributed by atoms with Crippen LogP contribution in [0.25, 0.3) is 43.1 Å². The highest BCUT2D eigenvalue weighted by atomic mass is 28.4. The molecule has 2 fully saturated rings. The molecule has 4 nitrogen and oxygen atoms in total. The predicted molar refractivity (Wildman–Crippen MR) is 221 cm³/mol. The van der Waals surface area contributed by atoms with Gasteiger partial charge in [-0.05, 0) is 117 Å². The molecule has 0 radical (unpaired) electrons. The monoisotopic (exact) mass is 722 g/mol. The SMILES string of the molecule is CC1(C)O[C@@H]2[C@@H](O1)C(c1ccc3ccccc3c1)(c1ccc3ccccc3c1)O[Si](C)(C)OC2(c1ccc2ccccc2c1)c1ccc2ccccc2c1. The molecule has 2 atom stereocenters. The molecule has 8 aromatic rings. The van der Waals surface area contributed by atoms with Crippen LogP contribution >= 0.6 is 0 Å². The van der Waals surface area contributed by atoms with E-state index in [1.807, 2.05) is 13.8 Å². The normalized spacial score (nSPS) is 21.3. The Morgan fingerprint density at radius 2 is 0.630 bits per heavy atom. The van der Waals surface area contributed by atoms with Gasteiger partial charge in [-0.25, -0.2) is 0 Å². The number of ether oxygens (including phenoxy) is 2. The van der Waals surface area contributed by atoms with Crippen LogP contribution < -0.4 is 0 Å². The number of rotatable bonds is 4. The van der Waals surface area contributed by atoms with Crippen molar-refractivity contribution in [3.63, 3.8) is 0 Å².